The average molecular weight is 329 g/mol. The summed E-state index contributed by atoms with van der Waals surface area (Å²) in [5.74, 6) is 0.691. The van der Waals surface area contributed by atoms with E-state index in [4.69, 9.17) is 9.47 Å². The lowest BCUT2D eigenvalue weighted by molar-refractivity contribution is -0.136. The first-order chi connectivity index (χ1) is 11.4. The van der Waals surface area contributed by atoms with Crippen molar-refractivity contribution in [2.24, 2.45) is 0 Å². The maximum Gasteiger partial charge on any atom is 0.256 e. The van der Waals surface area contributed by atoms with Crippen LogP contribution >= 0.6 is 0 Å². The number of ether oxygens (including phenoxy) is 2. The Labute approximate surface area is 144 Å². The number of amides is 1. The van der Waals surface area contributed by atoms with Crippen LogP contribution < -0.4 is 10.1 Å². The van der Waals surface area contributed by atoms with E-state index < -0.39 is 5.60 Å². The molecule has 1 amide bonds. The molecule has 0 aliphatic rings. The fourth-order valence-electron chi connectivity index (χ4n) is 2.44. The second kappa shape index (κ2) is 7.67. The predicted molar refractivity (Wildman–Crippen MR) is 98.7 cm³/mol. The third-order valence-electron chi connectivity index (χ3n) is 4.64. The lowest BCUT2D eigenvalue weighted by atomic mass is 10.0. The Morgan fingerprint density at radius 2 is 1.83 bits per heavy atom. The summed E-state index contributed by atoms with van der Waals surface area (Å²) < 4.78 is 11.4. The molecule has 2 aromatic rings. The monoisotopic (exact) mass is 329 g/mol. The summed E-state index contributed by atoms with van der Waals surface area (Å²) in [6.45, 7) is 7.88. The van der Waals surface area contributed by atoms with E-state index in [9.17, 15) is 4.79 Å². The smallest absolute Gasteiger partial charge is 0.256 e. The Hall–Kier alpha value is -2.07. The van der Waals surface area contributed by atoms with Gasteiger partial charge in [0.2, 0.25) is 0 Å². The van der Waals surface area contributed by atoms with Crippen molar-refractivity contribution in [3.63, 3.8) is 0 Å². The van der Waals surface area contributed by atoms with E-state index in [1.807, 2.05) is 43.3 Å². The molecule has 0 saturated carbocycles. The first-order valence-corrected chi connectivity index (χ1v) is 8.50. The standard InChI is InChI=1S/C20H27NO3/c1-6-14(3)24-18-13-12-17(15-10-8-9-11-16(15)18)21-19(22)20(4,7-2)23-5/h8-14H,6-7H2,1-5H3,(H,21,22). The number of fused-ring (bicyclic) bond motifs is 1. The van der Waals surface area contributed by atoms with Crippen molar-refractivity contribution < 1.29 is 14.3 Å². The molecular formula is C20H27NO3. The van der Waals surface area contributed by atoms with Crippen molar-refractivity contribution in [2.75, 3.05) is 12.4 Å². The molecule has 4 heteroatoms. The SMILES string of the molecule is CCC(C)Oc1ccc(NC(=O)C(C)(CC)OC)c2ccccc12. The quantitative estimate of drug-likeness (QED) is 0.796. The number of methoxy groups -OCH3 is 1. The zero-order valence-electron chi connectivity index (χ0n) is 15.2. The molecular weight excluding hydrogens is 302 g/mol. The lowest BCUT2D eigenvalue weighted by Crippen LogP contribution is -2.41. The van der Waals surface area contributed by atoms with Crippen molar-refractivity contribution in [1.29, 1.82) is 0 Å². The Morgan fingerprint density at radius 1 is 1.17 bits per heavy atom. The van der Waals surface area contributed by atoms with Gasteiger partial charge in [0.05, 0.1) is 6.10 Å². The molecule has 130 valence electrons. The van der Waals surface area contributed by atoms with Crippen LogP contribution in [-0.4, -0.2) is 24.7 Å². The Balaban J connectivity index is 2.39. The maximum atomic E-state index is 12.6. The van der Waals surface area contributed by atoms with Crippen LogP contribution in [0.3, 0.4) is 0 Å². The van der Waals surface area contributed by atoms with Gasteiger partial charge in [0.15, 0.2) is 0 Å². The van der Waals surface area contributed by atoms with E-state index in [1.54, 1.807) is 14.0 Å². The van der Waals surface area contributed by atoms with Crippen LogP contribution in [0.2, 0.25) is 0 Å². The van der Waals surface area contributed by atoms with Gasteiger partial charge < -0.3 is 14.8 Å². The molecule has 2 atom stereocenters. The van der Waals surface area contributed by atoms with Crippen molar-refractivity contribution in [2.45, 2.75) is 52.2 Å². The predicted octanol–water partition coefficient (Wildman–Crippen LogP) is 4.77. The van der Waals surface area contributed by atoms with Crippen LogP contribution in [0, 0.1) is 0 Å². The Morgan fingerprint density at radius 3 is 2.42 bits per heavy atom. The second-order valence-electron chi connectivity index (χ2n) is 6.24. The molecule has 0 spiro atoms. The number of hydrogen-bond acceptors (Lipinski definition) is 3. The van der Waals surface area contributed by atoms with E-state index in [0.717, 1.165) is 28.6 Å². The minimum atomic E-state index is -0.840. The number of benzene rings is 2. The van der Waals surface area contributed by atoms with Crippen molar-refractivity contribution in [3.05, 3.63) is 36.4 Å². The molecule has 0 heterocycles. The second-order valence-corrected chi connectivity index (χ2v) is 6.24. The van der Waals surface area contributed by atoms with Gasteiger partial charge in [-0.15, -0.1) is 0 Å². The van der Waals surface area contributed by atoms with Crippen LogP contribution in [0.5, 0.6) is 5.75 Å². The third-order valence-corrected chi connectivity index (χ3v) is 4.64. The first-order valence-electron chi connectivity index (χ1n) is 8.50. The minimum Gasteiger partial charge on any atom is -0.490 e. The number of carbonyl (C=O) groups excluding carboxylic acids is 1. The fourth-order valence-corrected chi connectivity index (χ4v) is 2.44. The van der Waals surface area contributed by atoms with Gasteiger partial charge in [0.1, 0.15) is 11.4 Å². The average Bonchev–Trinajstić information content (AvgIpc) is 2.62. The largest absolute Gasteiger partial charge is 0.490 e. The van der Waals surface area contributed by atoms with Crippen LogP contribution in [-0.2, 0) is 9.53 Å². The molecule has 0 aromatic heterocycles. The van der Waals surface area contributed by atoms with Crippen LogP contribution in [0.1, 0.15) is 40.5 Å². The summed E-state index contributed by atoms with van der Waals surface area (Å²) in [6, 6.07) is 11.7. The molecule has 0 bridgehead atoms. The molecule has 0 fully saturated rings. The molecule has 2 rings (SSSR count). The summed E-state index contributed by atoms with van der Waals surface area (Å²) in [5, 5.41) is 4.95. The maximum absolute atomic E-state index is 12.6. The molecule has 0 saturated heterocycles. The van der Waals surface area contributed by atoms with Gasteiger partial charge in [-0.2, -0.15) is 0 Å². The molecule has 1 N–H and O–H groups in total. The zero-order valence-corrected chi connectivity index (χ0v) is 15.2. The van der Waals surface area contributed by atoms with Crippen molar-refractivity contribution >= 4 is 22.4 Å². The normalized spacial score (nSPS) is 14.9. The van der Waals surface area contributed by atoms with Gasteiger partial charge >= 0.3 is 0 Å². The highest BCUT2D eigenvalue weighted by molar-refractivity contribution is 6.06. The molecule has 2 unspecified atom stereocenters. The first kappa shape index (κ1) is 18.3. The highest BCUT2D eigenvalue weighted by atomic mass is 16.5. The number of carbonyl (C=O) groups is 1. The summed E-state index contributed by atoms with van der Waals surface area (Å²) in [5.41, 5.74) is -0.0728. The number of anilines is 1. The number of hydrogen-bond donors (Lipinski definition) is 1. The number of nitrogens with one attached hydrogen (secondary N) is 1. The highest BCUT2D eigenvalue weighted by Gasteiger charge is 2.31. The molecule has 0 aliphatic carbocycles. The van der Waals surface area contributed by atoms with Crippen LogP contribution in [0.25, 0.3) is 10.8 Å². The van der Waals surface area contributed by atoms with Crippen LogP contribution in [0.4, 0.5) is 5.69 Å². The van der Waals surface area contributed by atoms with Crippen molar-refractivity contribution in [3.8, 4) is 5.75 Å². The summed E-state index contributed by atoms with van der Waals surface area (Å²) in [7, 11) is 1.56. The van der Waals surface area contributed by atoms with Gasteiger partial charge in [-0.3, -0.25) is 4.79 Å². The van der Waals surface area contributed by atoms with Gasteiger partial charge in [-0.05, 0) is 38.8 Å². The summed E-state index contributed by atoms with van der Waals surface area (Å²) in [6.07, 6.45) is 1.68. The Bertz CT molecular complexity index is 707. The highest BCUT2D eigenvalue weighted by Crippen LogP contribution is 2.33. The molecule has 2 aromatic carbocycles. The minimum absolute atomic E-state index is 0.144. The molecule has 0 radical (unpaired) electrons. The van der Waals surface area contributed by atoms with E-state index in [1.165, 1.54) is 0 Å². The zero-order chi connectivity index (χ0) is 17.7. The molecule has 4 nitrogen and oxygen atoms in total. The topological polar surface area (TPSA) is 47.6 Å². The molecule has 0 aliphatic heterocycles. The Kier molecular flexibility index (Phi) is 5.84. The van der Waals surface area contributed by atoms with E-state index in [2.05, 4.69) is 19.2 Å². The van der Waals surface area contributed by atoms with Gasteiger partial charge in [0, 0.05) is 23.6 Å². The van der Waals surface area contributed by atoms with E-state index in [0.29, 0.717) is 6.42 Å². The van der Waals surface area contributed by atoms with Gasteiger partial charge in [-0.1, -0.05) is 38.1 Å². The van der Waals surface area contributed by atoms with Crippen LogP contribution in [0.15, 0.2) is 36.4 Å². The molecule has 24 heavy (non-hydrogen) atoms. The fraction of sp³-hybridized carbons (Fsp3) is 0.450. The third kappa shape index (κ3) is 3.70. The summed E-state index contributed by atoms with van der Waals surface area (Å²) in [4.78, 5) is 12.6. The number of rotatable bonds is 7. The van der Waals surface area contributed by atoms with Gasteiger partial charge in [0.25, 0.3) is 5.91 Å². The van der Waals surface area contributed by atoms with Gasteiger partial charge in [-0.25, -0.2) is 0 Å². The summed E-state index contributed by atoms with van der Waals surface area (Å²) >= 11 is 0. The van der Waals surface area contributed by atoms with Crippen molar-refractivity contribution in [1.82, 2.24) is 0 Å². The van der Waals surface area contributed by atoms with E-state index >= 15 is 0 Å². The van der Waals surface area contributed by atoms with E-state index in [-0.39, 0.29) is 12.0 Å². The lowest BCUT2D eigenvalue weighted by Gasteiger charge is -2.25.